The van der Waals surface area contributed by atoms with E-state index in [1.807, 2.05) is 0 Å². The van der Waals surface area contributed by atoms with Crippen molar-refractivity contribution in [3.8, 4) is 0 Å². The van der Waals surface area contributed by atoms with Crippen LogP contribution in [-0.2, 0) is 9.53 Å². The Balaban J connectivity index is 2.95. The lowest BCUT2D eigenvalue weighted by molar-refractivity contribution is -0.141. The molecule has 0 amide bonds. The molecule has 0 heterocycles. The largest absolute Gasteiger partial charge is 0.466 e. The van der Waals surface area contributed by atoms with Gasteiger partial charge in [-0.3, -0.25) is 4.79 Å². The predicted octanol–water partition coefficient (Wildman–Crippen LogP) is 5.39. The maximum atomic E-state index is 10.6. The molecule has 0 rings (SSSR count). The third-order valence-electron chi connectivity index (χ3n) is 4.11. The van der Waals surface area contributed by atoms with Crippen LogP contribution in [-0.4, -0.2) is 24.3 Å². The molecular weight excluding hydrogens is 276 g/mol. The molecule has 0 saturated heterocycles. The van der Waals surface area contributed by atoms with Crippen molar-refractivity contribution in [2.45, 2.75) is 103 Å². The molecule has 0 fully saturated rings. The molecule has 0 aromatic heterocycles. The van der Waals surface area contributed by atoms with Crippen LogP contribution in [0.5, 0.6) is 0 Å². The summed E-state index contributed by atoms with van der Waals surface area (Å²) in [7, 11) is 0. The summed E-state index contributed by atoms with van der Waals surface area (Å²) in [4.78, 5) is 10.6. The molecule has 22 heavy (non-hydrogen) atoms. The summed E-state index contributed by atoms with van der Waals surface area (Å²) in [5.74, 6) is -0.162. The summed E-state index contributed by atoms with van der Waals surface area (Å²) in [6.45, 7) is 2.42. The van der Waals surface area contributed by atoms with Crippen molar-refractivity contribution >= 4 is 5.97 Å². The topological polar surface area (TPSA) is 46.5 Å². The molecule has 0 radical (unpaired) electrons. The van der Waals surface area contributed by atoms with Crippen molar-refractivity contribution < 1.29 is 14.6 Å². The van der Waals surface area contributed by atoms with Crippen molar-refractivity contribution in [3.63, 3.8) is 0 Å². The lowest BCUT2D eigenvalue weighted by Gasteiger charge is -2.04. The number of esters is 1. The Labute approximate surface area is 137 Å². The average Bonchev–Trinajstić information content (AvgIpc) is 2.50. The zero-order valence-electron chi connectivity index (χ0n) is 14.8. The second-order valence-corrected chi connectivity index (χ2v) is 6.37. The Morgan fingerprint density at radius 2 is 0.955 bits per heavy atom. The van der Waals surface area contributed by atoms with E-state index >= 15 is 0 Å². The predicted molar refractivity (Wildman–Crippen MR) is 93.0 cm³/mol. The van der Waals surface area contributed by atoms with Crippen LogP contribution < -0.4 is 0 Å². The molecule has 132 valence electrons. The summed E-state index contributed by atoms with van der Waals surface area (Å²) in [6, 6.07) is 0. The summed E-state index contributed by atoms with van der Waals surface area (Å²) in [5.41, 5.74) is 0. The summed E-state index contributed by atoms with van der Waals surface area (Å²) in [6.07, 6.45) is 19.2. The van der Waals surface area contributed by atoms with Gasteiger partial charge in [-0.05, 0) is 12.8 Å². The number of hydrogen-bond donors (Lipinski definition) is 1. The van der Waals surface area contributed by atoms with Crippen LogP contribution in [0.4, 0.5) is 0 Å². The maximum Gasteiger partial charge on any atom is 0.302 e. The molecule has 0 bridgehead atoms. The molecule has 0 aromatic rings. The highest BCUT2D eigenvalue weighted by molar-refractivity contribution is 5.65. The minimum Gasteiger partial charge on any atom is -0.466 e. The van der Waals surface area contributed by atoms with Gasteiger partial charge in [0.15, 0.2) is 0 Å². The van der Waals surface area contributed by atoms with Gasteiger partial charge >= 0.3 is 5.97 Å². The van der Waals surface area contributed by atoms with Gasteiger partial charge in [-0.25, -0.2) is 0 Å². The second-order valence-electron chi connectivity index (χ2n) is 6.37. The third kappa shape index (κ3) is 19.4. The van der Waals surface area contributed by atoms with Crippen molar-refractivity contribution in [1.82, 2.24) is 0 Å². The van der Waals surface area contributed by atoms with Crippen LogP contribution >= 0.6 is 0 Å². The Morgan fingerprint density at radius 3 is 1.27 bits per heavy atom. The summed E-state index contributed by atoms with van der Waals surface area (Å²) in [5, 5.41) is 8.68. The smallest absolute Gasteiger partial charge is 0.302 e. The number of ether oxygens (including phenoxy) is 1. The van der Waals surface area contributed by atoms with Gasteiger partial charge in [0.05, 0.1) is 6.61 Å². The first kappa shape index (κ1) is 21.4. The molecule has 0 aromatic carbocycles. The van der Waals surface area contributed by atoms with E-state index in [4.69, 9.17) is 9.84 Å². The van der Waals surface area contributed by atoms with E-state index in [1.165, 1.54) is 90.4 Å². The fourth-order valence-corrected chi connectivity index (χ4v) is 2.73. The van der Waals surface area contributed by atoms with Crippen LogP contribution in [0.3, 0.4) is 0 Å². The lowest BCUT2D eigenvalue weighted by atomic mass is 10.0. The average molecular weight is 315 g/mol. The molecule has 0 aliphatic carbocycles. The Bertz CT molecular complexity index is 229. The van der Waals surface area contributed by atoms with Gasteiger partial charge in [-0.2, -0.15) is 0 Å². The fourth-order valence-electron chi connectivity index (χ4n) is 2.73. The quantitative estimate of drug-likeness (QED) is 0.289. The van der Waals surface area contributed by atoms with Crippen LogP contribution in [0.2, 0.25) is 0 Å². The fraction of sp³-hybridized carbons (Fsp3) is 0.947. The SMILES string of the molecule is CC(=O)OCCCCCCCCCCCCCCCCCO. The highest BCUT2D eigenvalue weighted by Crippen LogP contribution is 2.13. The Kier molecular flexibility index (Phi) is 18.0. The molecule has 0 atom stereocenters. The first-order chi connectivity index (χ1) is 10.8. The van der Waals surface area contributed by atoms with Crippen LogP contribution in [0.15, 0.2) is 0 Å². The van der Waals surface area contributed by atoms with Gasteiger partial charge in [0.25, 0.3) is 0 Å². The lowest BCUT2D eigenvalue weighted by Crippen LogP contribution is -2.00. The monoisotopic (exact) mass is 314 g/mol. The Hall–Kier alpha value is -0.570. The van der Waals surface area contributed by atoms with Crippen LogP contribution in [0.1, 0.15) is 103 Å². The van der Waals surface area contributed by atoms with E-state index < -0.39 is 0 Å². The van der Waals surface area contributed by atoms with Gasteiger partial charge < -0.3 is 9.84 Å². The number of carbonyl (C=O) groups excluding carboxylic acids is 1. The standard InChI is InChI=1S/C19H38O3/c1-19(21)22-18-16-14-12-10-8-6-4-2-3-5-7-9-11-13-15-17-20/h20H,2-18H2,1H3. The molecule has 3 nitrogen and oxygen atoms in total. The van der Waals surface area contributed by atoms with Crippen molar-refractivity contribution in [3.05, 3.63) is 0 Å². The van der Waals surface area contributed by atoms with E-state index in [0.717, 1.165) is 12.8 Å². The molecular formula is C19H38O3. The minimum atomic E-state index is -0.162. The number of rotatable bonds is 17. The molecule has 3 heteroatoms. The highest BCUT2D eigenvalue weighted by atomic mass is 16.5. The first-order valence-electron chi connectivity index (χ1n) is 9.51. The summed E-state index contributed by atoms with van der Waals surface area (Å²) < 4.78 is 4.91. The van der Waals surface area contributed by atoms with Crippen LogP contribution in [0.25, 0.3) is 0 Å². The molecule has 0 aliphatic rings. The van der Waals surface area contributed by atoms with Gasteiger partial charge in [0.2, 0.25) is 0 Å². The molecule has 1 N–H and O–H groups in total. The van der Waals surface area contributed by atoms with Crippen molar-refractivity contribution in [2.24, 2.45) is 0 Å². The zero-order valence-corrected chi connectivity index (χ0v) is 14.8. The molecule has 0 saturated carbocycles. The molecule has 0 aliphatic heterocycles. The number of aliphatic hydroxyl groups excluding tert-OH is 1. The minimum absolute atomic E-state index is 0.162. The number of aliphatic hydroxyl groups is 1. The van der Waals surface area contributed by atoms with E-state index in [2.05, 4.69) is 0 Å². The van der Waals surface area contributed by atoms with E-state index in [-0.39, 0.29) is 5.97 Å². The number of hydrogen-bond acceptors (Lipinski definition) is 3. The number of unbranched alkanes of at least 4 members (excludes halogenated alkanes) is 14. The summed E-state index contributed by atoms with van der Waals surface area (Å²) >= 11 is 0. The first-order valence-corrected chi connectivity index (χ1v) is 9.51. The Morgan fingerprint density at radius 1 is 0.636 bits per heavy atom. The normalized spacial score (nSPS) is 10.8. The van der Waals surface area contributed by atoms with Gasteiger partial charge in [0, 0.05) is 13.5 Å². The third-order valence-corrected chi connectivity index (χ3v) is 4.11. The van der Waals surface area contributed by atoms with E-state index in [0.29, 0.717) is 13.2 Å². The van der Waals surface area contributed by atoms with Gasteiger partial charge in [-0.15, -0.1) is 0 Å². The zero-order chi connectivity index (χ0) is 16.3. The van der Waals surface area contributed by atoms with E-state index in [9.17, 15) is 4.79 Å². The van der Waals surface area contributed by atoms with Crippen molar-refractivity contribution in [2.75, 3.05) is 13.2 Å². The van der Waals surface area contributed by atoms with Gasteiger partial charge in [0.1, 0.15) is 0 Å². The van der Waals surface area contributed by atoms with Gasteiger partial charge in [-0.1, -0.05) is 83.5 Å². The molecule has 0 spiro atoms. The second kappa shape index (κ2) is 18.5. The number of carbonyl (C=O) groups is 1. The van der Waals surface area contributed by atoms with E-state index in [1.54, 1.807) is 0 Å². The highest BCUT2D eigenvalue weighted by Gasteiger charge is 1.95. The van der Waals surface area contributed by atoms with Crippen LogP contribution in [0, 0.1) is 0 Å². The molecule has 0 unspecified atom stereocenters. The maximum absolute atomic E-state index is 10.6. The van der Waals surface area contributed by atoms with Crippen molar-refractivity contribution in [1.29, 1.82) is 0 Å².